The molecule has 3 rings (SSSR count). The molecule has 0 spiro atoms. The highest BCUT2D eigenvalue weighted by Gasteiger charge is 2.26. The first-order chi connectivity index (χ1) is 14.7. The third kappa shape index (κ3) is 5.70. The summed E-state index contributed by atoms with van der Waals surface area (Å²) in [6.45, 7) is 7.55. The Morgan fingerprint density at radius 2 is 1.81 bits per heavy atom. The number of nitrogens with one attached hydrogen (secondary N) is 1. The first kappa shape index (κ1) is 23.8. The lowest BCUT2D eigenvalue weighted by Crippen LogP contribution is -2.38. The van der Waals surface area contributed by atoms with Crippen molar-refractivity contribution in [3.05, 3.63) is 59.2 Å². The van der Waals surface area contributed by atoms with Crippen LogP contribution in [0.2, 0.25) is 0 Å². The molecule has 1 atom stereocenters. The maximum Gasteiger partial charge on any atom is 0.255 e. The van der Waals surface area contributed by atoms with Crippen molar-refractivity contribution in [1.29, 1.82) is 0 Å². The van der Waals surface area contributed by atoms with Gasteiger partial charge in [-0.25, -0.2) is 13.1 Å². The number of sulfonamides is 1. The molecule has 2 aromatic carbocycles. The van der Waals surface area contributed by atoms with Crippen LogP contribution in [0.25, 0.3) is 0 Å². The third-order valence-electron chi connectivity index (χ3n) is 6.00. The Balaban J connectivity index is 1.83. The smallest absolute Gasteiger partial charge is 0.255 e. The van der Waals surface area contributed by atoms with E-state index in [0.717, 1.165) is 29.7 Å². The molecule has 0 aliphatic carbocycles. The van der Waals surface area contributed by atoms with Gasteiger partial charge in [-0.15, -0.1) is 11.8 Å². The van der Waals surface area contributed by atoms with Crippen molar-refractivity contribution in [3.8, 4) is 0 Å². The number of rotatable bonds is 7. The van der Waals surface area contributed by atoms with Crippen LogP contribution in [0.5, 0.6) is 0 Å². The first-order valence-electron chi connectivity index (χ1n) is 10.8. The molecule has 31 heavy (non-hydrogen) atoms. The summed E-state index contributed by atoms with van der Waals surface area (Å²) in [7, 11) is -3.77. The first-order valence-corrected chi connectivity index (χ1v) is 13.5. The molecule has 1 saturated heterocycles. The molecular weight excluding hydrogens is 428 g/mol. The van der Waals surface area contributed by atoms with Crippen molar-refractivity contribution >= 4 is 27.7 Å². The fourth-order valence-corrected chi connectivity index (χ4v) is 5.64. The fourth-order valence-electron chi connectivity index (χ4n) is 3.81. The van der Waals surface area contributed by atoms with Crippen LogP contribution in [0.4, 0.5) is 0 Å². The summed E-state index contributed by atoms with van der Waals surface area (Å²) in [6, 6.07) is 12.4. The van der Waals surface area contributed by atoms with E-state index in [4.69, 9.17) is 0 Å². The number of carbonyl (C=O) groups is 1. The molecule has 7 heteroatoms. The number of aryl methyl sites for hydroxylation is 1. The Morgan fingerprint density at radius 3 is 2.39 bits per heavy atom. The molecule has 1 aliphatic heterocycles. The number of nitrogens with zero attached hydrogens (tertiary/aromatic N) is 1. The average Bonchev–Trinajstić information content (AvgIpc) is 2.78. The lowest BCUT2D eigenvalue weighted by atomic mass is 9.98. The van der Waals surface area contributed by atoms with E-state index >= 15 is 0 Å². The number of carbonyl (C=O) groups excluding carboxylic acids is 1. The molecule has 1 N–H and O–H groups in total. The van der Waals surface area contributed by atoms with E-state index in [1.165, 1.54) is 23.4 Å². The SMILES string of the molecule is CCc1ccc([C@H](C)NS(=O)(=O)c2ccc(SC)c(C(=O)N3CCC(C)CC3)c2)cc1. The fraction of sp³-hybridized carbons (Fsp3) is 0.458. The standard InChI is InChI=1S/C24H32N2O3S2/c1-5-19-6-8-20(9-7-19)18(3)25-31(28,29)21-10-11-23(30-4)22(16-21)24(27)26-14-12-17(2)13-15-26/h6-11,16-18,25H,5,12-15H2,1-4H3/t18-/m0/s1. The van der Waals surface area contributed by atoms with Gasteiger partial charge in [-0.2, -0.15) is 0 Å². The summed E-state index contributed by atoms with van der Waals surface area (Å²) in [5, 5.41) is 0. The molecule has 168 valence electrons. The Morgan fingerprint density at radius 1 is 1.16 bits per heavy atom. The Bertz CT molecular complexity index is 1010. The zero-order valence-electron chi connectivity index (χ0n) is 18.7. The summed E-state index contributed by atoms with van der Waals surface area (Å²) >= 11 is 1.46. The van der Waals surface area contributed by atoms with Crippen molar-refractivity contribution in [2.45, 2.75) is 55.9 Å². The van der Waals surface area contributed by atoms with Crippen LogP contribution in [-0.4, -0.2) is 38.6 Å². The van der Waals surface area contributed by atoms with Gasteiger partial charge in [-0.05, 0) is 67.7 Å². The van der Waals surface area contributed by atoms with Crippen molar-refractivity contribution in [2.24, 2.45) is 5.92 Å². The van der Waals surface area contributed by atoms with Crippen molar-refractivity contribution in [3.63, 3.8) is 0 Å². The van der Waals surface area contributed by atoms with Gasteiger partial charge in [-0.1, -0.05) is 38.1 Å². The highest BCUT2D eigenvalue weighted by Crippen LogP contribution is 2.28. The monoisotopic (exact) mass is 460 g/mol. The largest absolute Gasteiger partial charge is 0.339 e. The van der Waals surface area contributed by atoms with Crippen LogP contribution < -0.4 is 4.72 Å². The molecule has 0 saturated carbocycles. The van der Waals surface area contributed by atoms with Gasteiger partial charge in [0.2, 0.25) is 10.0 Å². The zero-order valence-corrected chi connectivity index (χ0v) is 20.4. The van der Waals surface area contributed by atoms with Gasteiger partial charge >= 0.3 is 0 Å². The second-order valence-corrected chi connectivity index (χ2v) is 10.8. The molecule has 0 bridgehead atoms. The minimum Gasteiger partial charge on any atom is -0.339 e. The van der Waals surface area contributed by atoms with E-state index in [-0.39, 0.29) is 16.8 Å². The molecule has 0 unspecified atom stereocenters. The summed E-state index contributed by atoms with van der Waals surface area (Å²) in [6.07, 6.45) is 4.80. The number of likely N-dealkylation sites (tertiary alicyclic amines) is 1. The number of hydrogen-bond donors (Lipinski definition) is 1. The normalized spacial score (nSPS) is 16.3. The Hall–Kier alpha value is -1.83. The van der Waals surface area contributed by atoms with E-state index in [0.29, 0.717) is 24.6 Å². The minimum absolute atomic E-state index is 0.0866. The maximum absolute atomic E-state index is 13.2. The van der Waals surface area contributed by atoms with Crippen LogP contribution in [0, 0.1) is 5.92 Å². The molecule has 5 nitrogen and oxygen atoms in total. The minimum atomic E-state index is -3.77. The van der Waals surface area contributed by atoms with Gasteiger partial charge in [0.15, 0.2) is 0 Å². The zero-order chi connectivity index (χ0) is 22.6. The molecule has 0 aromatic heterocycles. The van der Waals surface area contributed by atoms with Crippen LogP contribution in [0.15, 0.2) is 52.3 Å². The second-order valence-electron chi connectivity index (χ2n) is 8.27. The van der Waals surface area contributed by atoms with Gasteiger partial charge in [0, 0.05) is 24.0 Å². The van der Waals surface area contributed by atoms with Crippen LogP contribution in [0.1, 0.15) is 61.1 Å². The van der Waals surface area contributed by atoms with E-state index in [9.17, 15) is 13.2 Å². The average molecular weight is 461 g/mol. The van der Waals surface area contributed by atoms with Crippen molar-refractivity contribution in [1.82, 2.24) is 9.62 Å². The predicted octanol–water partition coefficient (Wildman–Crippen LogP) is 4.88. The van der Waals surface area contributed by atoms with E-state index in [1.54, 1.807) is 12.1 Å². The number of piperidine rings is 1. The van der Waals surface area contributed by atoms with Gasteiger partial charge in [0.25, 0.3) is 5.91 Å². The number of thioether (sulfide) groups is 1. The van der Waals surface area contributed by atoms with E-state index in [2.05, 4.69) is 18.6 Å². The van der Waals surface area contributed by atoms with Gasteiger partial charge in [0.05, 0.1) is 10.5 Å². The topological polar surface area (TPSA) is 66.5 Å². The van der Waals surface area contributed by atoms with Gasteiger partial charge in [-0.3, -0.25) is 4.79 Å². The molecule has 0 radical (unpaired) electrons. The molecule has 1 aliphatic rings. The number of hydrogen-bond acceptors (Lipinski definition) is 4. The highest BCUT2D eigenvalue weighted by atomic mass is 32.2. The number of benzene rings is 2. The summed E-state index contributed by atoms with van der Waals surface area (Å²) < 4.78 is 28.9. The Labute approximate surface area is 190 Å². The Kier molecular flexibility index (Phi) is 7.83. The quantitative estimate of drug-likeness (QED) is 0.598. The molecular formula is C24H32N2O3S2. The lowest BCUT2D eigenvalue weighted by molar-refractivity contribution is 0.0693. The molecule has 1 fully saturated rings. The number of amides is 1. The lowest BCUT2D eigenvalue weighted by Gasteiger charge is -2.31. The molecule has 2 aromatic rings. The van der Waals surface area contributed by atoms with E-state index < -0.39 is 10.0 Å². The van der Waals surface area contributed by atoms with Gasteiger partial charge in [0.1, 0.15) is 0 Å². The predicted molar refractivity (Wildman–Crippen MR) is 127 cm³/mol. The summed E-state index contributed by atoms with van der Waals surface area (Å²) in [5.41, 5.74) is 2.58. The highest BCUT2D eigenvalue weighted by molar-refractivity contribution is 7.98. The second kappa shape index (κ2) is 10.2. The third-order valence-corrected chi connectivity index (χ3v) is 8.34. The molecule has 1 amide bonds. The van der Waals surface area contributed by atoms with Gasteiger partial charge < -0.3 is 4.90 Å². The van der Waals surface area contributed by atoms with Crippen LogP contribution in [-0.2, 0) is 16.4 Å². The summed E-state index contributed by atoms with van der Waals surface area (Å²) in [4.78, 5) is 15.9. The van der Waals surface area contributed by atoms with Crippen molar-refractivity contribution in [2.75, 3.05) is 19.3 Å². The van der Waals surface area contributed by atoms with Crippen LogP contribution in [0.3, 0.4) is 0 Å². The maximum atomic E-state index is 13.2. The molecule has 1 heterocycles. The summed E-state index contributed by atoms with van der Waals surface area (Å²) in [5.74, 6) is 0.532. The van der Waals surface area contributed by atoms with Crippen LogP contribution >= 0.6 is 11.8 Å². The van der Waals surface area contributed by atoms with E-state index in [1.807, 2.05) is 42.3 Å². The van der Waals surface area contributed by atoms with Crippen molar-refractivity contribution < 1.29 is 13.2 Å².